The molecule has 6 nitrogen and oxygen atoms in total. The number of hydrogen-bond acceptors (Lipinski definition) is 5. The van der Waals surface area contributed by atoms with E-state index in [1.165, 1.54) is 4.90 Å². The van der Waals surface area contributed by atoms with Crippen molar-refractivity contribution in [1.29, 1.82) is 0 Å². The van der Waals surface area contributed by atoms with Gasteiger partial charge in [0.2, 0.25) is 0 Å². The van der Waals surface area contributed by atoms with Crippen molar-refractivity contribution in [3.63, 3.8) is 0 Å². The van der Waals surface area contributed by atoms with Crippen LogP contribution in [0.2, 0.25) is 5.02 Å². The fourth-order valence-corrected chi connectivity index (χ4v) is 4.77. The Labute approximate surface area is 201 Å². The molecule has 1 N–H and O–H groups in total. The van der Waals surface area contributed by atoms with Gasteiger partial charge in [0.25, 0.3) is 5.91 Å². The second kappa shape index (κ2) is 9.77. The standard InChI is InChI=1S/C25H23ClN2O4S/c1-31-20-9-3-17(4-10-20)25(18-5-11-21(32-2)12-6-18)23(29)28(24(30)27-25)15-16-33-22-13-7-19(26)8-14-22/h3-14H,15-16H2,1-2H3,(H,27,30). The number of hydrogen-bond donors (Lipinski definition) is 1. The summed E-state index contributed by atoms with van der Waals surface area (Å²) in [4.78, 5) is 29.1. The van der Waals surface area contributed by atoms with E-state index in [2.05, 4.69) is 5.32 Å². The van der Waals surface area contributed by atoms with Crippen LogP contribution in [-0.2, 0) is 10.3 Å². The molecule has 1 heterocycles. The maximum Gasteiger partial charge on any atom is 0.325 e. The number of halogens is 1. The van der Waals surface area contributed by atoms with E-state index < -0.39 is 11.6 Å². The van der Waals surface area contributed by atoms with Crippen LogP contribution >= 0.6 is 23.4 Å². The summed E-state index contributed by atoms with van der Waals surface area (Å²) in [6, 6.07) is 21.3. The number of methoxy groups -OCH3 is 2. The highest BCUT2D eigenvalue weighted by atomic mass is 35.5. The molecule has 1 aliphatic heterocycles. The number of ether oxygens (including phenoxy) is 2. The van der Waals surface area contributed by atoms with Crippen molar-refractivity contribution in [3.8, 4) is 11.5 Å². The monoisotopic (exact) mass is 482 g/mol. The molecule has 1 saturated heterocycles. The smallest absolute Gasteiger partial charge is 0.325 e. The van der Waals surface area contributed by atoms with E-state index in [9.17, 15) is 9.59 Å². The average Bonchev–Trinajstić information content (AvgIpc) is 3.11. The van der Waals surface area contributed by atoms with Gasteiger partial charge in [-0.3, -0.25) is 9.69 Å². The summed E-state index contributed by atoms with van der Waals surface area (Å²) in [5, 5.41) is 3.62. The Morgan fingerprint density at radius 3 is 1.85 bits per heavy atom. The number of carbonyl (C=O) groups is 2. The number of thioether (sulfide) groups is 1. The third kappa shape index (κ3) is 4.51. The minimum Gasteiger partial charge on any atom is -0.497 e. The second-order valence-corrected chi connectivity index (χ2v) is 9.00. The van der Waals surface area contributed by atoms with Crippen molar-refractivity contribution in [1.82, 2.24) is 10.2 Å². The number of nitrogens with zero attached hydrogens (tertiary/aromatic N) is 1. The summed E-state index contributed by atoms with van der Waals surface area (Å²) in [6.45, 7) is 0.270. The lowest BCUT2D eigenvalue weighted by atomic mass is 9.82. The molecule has 1 aliphatic rings. The number of rotatable bonds is 8. The summed E-state index contributed by atoms with van der Waals surface area (Å²) in [5.41, 5.74) is -0.0278. The number of urea groups is 1. The Bertz CT molecular complexity index is 1090. The third-order valence-corrected chi connectivity index (χ3v) is 6.79. The molecule has 0 aromatic heterocycles. The molecule has 8 heteroatoms. The zero-order valence-corrected chi connectivity index (χ0v) is 19.8. The SMILES string of the molecule is COc1ccc(C2(c3ccc(OC)cc3)NC(=O)N(CCSc3ccc(Cl)cc3)C2=O)cc1. The normalized spacial score (nSPS) is 14.8. The second-order valence-electron chi connectivity index (χ2n) is 7.40. The molecule has 3 aromatic rings. The Morgan fingerprint density at radius 1 is 0.848 bits per heavy atom. The first kappa shape index (κ1) is 23.0. The number of nitrogens with one attached hydrogen (secondary N) is 1. The highest BCUT2D eigenvalue weighted by Crippen LogP contribution is 2.37. The van der Waals surface area contributed by atoms with Gasteiger partial charge in [-0.25, -0.2) is 4.79 Å². The molecule has 0 unspecified atom stereocenters. The predicted molar refractivity (Wildman–Crippen MR) is 129 cm³/mol. The van der Waals surface area contributed by atoms with Gasteiger partial charge in [0.05, 0.1) is 14.2 Å². The lowest BCUT2D eigenvalue weighted by Gasteiger charge is -2.28. The Morgan fingerprint density at radius 2 is 1.36 bits per heavy atom. The zero-order valence-electron chi connectivity index (χ0n) is 18.2. The highest BCUT2D eigenvalue weighted by molar-refractivity contribution is 7.99. The van der Waals surface area contributed by atoms with Gasteiger partial charge in [-0.1, -0.05) is 35.9 Å². The van der Waals surface area contributed by atoms with Crippen molar-refractivity contribution in [2.45, 2.75) is 10.4 Å². The Hall–Kier alpha value is -3.16. The van der Waals surface area contributed by atoms with Crippen molar-refractivity contribution in [2.24, 2.45) is 0 Å². The molecule has 0 aliphatic carbocycles. The number of imide groups is 1. The molecular formula is C25H23ClN2O4S. The lowest BCUT2D eigenvalue weighted by molar-refractivity contribution is -0.130. The largest absolute Gasteiger partial charge is 0.497 e. The average molecular weight is 483 g/mol. The van der Waals surface area contributed by atoms with Crippen molar-refractivity contribution < 1.29 is 19.1 Å². The van der Waals surface area contributed by atoms with E-state index in [0.717, 1.165) is 4.90 Å². The van der Waals surface area contributed by atoms with E-state index in [0.29, 0.717) is 33.4 Å². The van der Waals surface area contributed by atoms with Gasteiger partial charge in [-0.05, 0) is 59.7 Å². The summed E-state index contributed by atoms with van der Waals surface area (Å²) in [6.07, 6.45) is 0. The van der Waals surface area contributed by atoms with E-state index in [1.807, 2.05) is 24.3 Å². The fraction of sp³-hybridized carbons (Fsp3) is 0.200. The molecule has 0 bridgehead atoms. The van der Waals surface area contributed by atoms with Gasteiger partial charge in [-0.15, -0.1) is 11.8 Å². The lowest BCUT2D eigenvalue weighted by Crippen LogP contribution is -2.45. The third-order valence-electron chi connectivity index (χ3n) is 5.55. The van der Waals surface area contributed by atoms with Crippen LogP contribution in [0.3, 0.4) is 0 Å². The molecule has 1 fully saturated rings. The molecule has 3 amide bonds. The summed E-state index contributed by atoms with van der Waals surface area (Å²) < 4.78 is 10.5. The molecule has 0 spiro atoms. The van der Waals surface area contributed by atoms with Crippen LogP contribution in [0.5, 0.6) is 11.5 Å². The van der Waals surface area contributed by atoms with E-state index in [4.69, 9.17) is 21.1 Å². The number of carbonyl (C=O) groups excluding carboxylic acids is 2. The van der Waals surface area contributed by atoms with Gasteiger partial charge in [0.1, 0.15) is 11.5 Å². The van der Waals surface area contributed by atoms with E-state index >= 15 is 0 Å². The van der Waals surface area contributed by atoms with Gasteiger partial charge >= 0.3 is 6.03 Å². The van der Waals surface area contributed by atoms with Crippen LogP contribution in [0.4, 0.5) is 4.79 Å². The van der Waals surface area contributed by atoms with Crippen LogP contribution < -0.4 is 14.8 Å². The zero-order chi connectivity index (χ0) is 23.4. The summed E-state index contributed by atoms with van der Waals surface area (Å²) in [5.74, 6) is 1.56. The molecule has 33 heavy (non-hydrogen) atoms. The molecule has 3 aromatic carbocycles. The first-order valence-corrected chi connectivity index (χ1v) is 11.7. The van der Waals surface area contributed by atoms with Gasteiger partial charge in [-0.2, -0.15) is 0 Å². The number of amides is 3. The summed E-state index contributed by atoms with van der Waals surface area (Å²) in [7, 11) is 3.16. The van der Waals surface area contributed by atoms with Gasteiger partial charge in [0, 0.05) is 22.2 Å². The Balaban J connectivity index is 1.63. The van der Waals surface area contributed by atoms with Crippen molar-refractivity contribution >= 4 is 35.3 Å². The molecule has 170 valence electrons. The van der Waals surface area contributed by atoms with Crippen LogP contribution in [0.25, 0.3) is 0 Å². The van der Waals surface area contributed by atoms with E-state index in [-0.39, 0.29) is 12.5 Å². The molecule has 0 atom stereocenters. The first-order valence-electron chi connectivity index (χ1n) is 10.3. The highest BCUT2D eigenvalue weighted by Gasteiger charge is 2.53. The molecule has 4 rings (SSSR count). The summed E-state index contributed by atoms with van der Waals surface area (Å²) >= 11 is 7.50. The minimum atomic E-state index is -1.33. The topological polar surface area (TPSA) is 67.9 Å². The van der Waals surface area contributed by atoms with Gasteiger partial charge < -0.3 is 14.8 Å². The fourth-order valence-electron chi connectivity index (χ4n) is 3.80. The molecule has 0 saturated carbocycles. The van der Waals surface area contributed by atoms with Crippen LogP contribution in [0.1, 0.15) is 11.1 Å². The molecular weight excluding hydrogens is 460 g/mol. The van der Waals surface area contributed by atoms with Crippen LogP contribution in [-0.4, -0.2) is 43.4 Å². The molecule has 0 radical (unpaired) electrons. The first-order chi connectivity index (χ1) is 16.0. The van der Waals surface area contributed by atoms with Crippen LogP contribution in [0.15, 0.2) is 77.7 Å². The minimum absolute atomic E-state index is 0.270. The number of benzene rings is 3. The predicted octanol–water partition coefficient (Wildman–Crippen LogP) is 4.94. The quantitative estimate of drug-likeness (QED) is 0.363. The van der Waals surface area contributed by atoms with Crippen molar-refractivity contribution in [3.05, 3.63) is 88.9 Å². The van der Waals surface area contributed by atoms with Crippen molar-refractivity contribution in [2.75, 3.05) is 26.5 Å². The van der Waals surface area contributed by atoms with E-state index in [1.54, 1.807) is 74.5 Å². The Kier molecular flexibility index (Phi) is 6.81. The maximum atomic E-state index is 13.8. The maximum absolute atomic E-state index is 13.8. The van der Waals surface area contributed by atoms with Crippen LogP contribution in [0, 0.1) is 0 Å². The van der Waals surface area contributed by atoms with Gasteiger partial charge in [0.15, 0.2) is 5.54 Å².